The molecule has 0 fully saturated rings. The maximum atomic E-state index is 5.46. The van der Waals surface area contributed by atoms with Gasteiger partial charge in [-0.1, -0.05) is 6.92 Å². The molecule has 1 aromatic carbocycles. The highest BCUT2D eigenvalue weighted by atomic mass is 127. The zero-order valence-electron chi connectivity index (χ0n) is 15.8. The summed E-state index contributed by atoms with van der Waals surface area (Å²) in [6.45, 7) is 4.81. The van der Waals surface area contributed by atoms with Crippen molar-refractivity contribution in [2.45, 2.75) is 32.9 Å². The number of aromatic nitrogens is 1. The maximum absolute atomic E-state index is 5.46. The van der Waals surface area contributed by atoms with Crippen LogP contribution in [0.3, 0.4) is 0 Å². The van der Waals surface area contributed by atoms with Crippen LogP contribution in [-0.2, 0) is 13.0 Å². The number of aryl methyl sites for hydroxylation is 1. The molecule has 1 heterocycles. The molecule has 0 aliphatic rings. The van der Waals surface area contributed by atoms with Crippen LogP contribution >= 0.6 is 35.3 Å². The Bertz CT molecular complexity index is 721. The van der Waals surface area contributed by atoms with Gasteiger partial charge in [0.15, 0.2) is 5.96 Å². The van der Waals surface area contributed by atoms with E-state index >= 15 is 0 Å². The quantitative estimate of drug-likeness (QED) is 0.352. The van der Waals surface area contributed by atoms with Gasteiger partial charge in [-0.15, -0.1) is 35.3 Å². The average Bonchev–Trinajstić information content (AvgIpc) is 3.12. The van der Waals surface area contributed by atoms with E-state index in [1.165, 1.54) is 0 Å². The molecule has 0 amide bonds. The highest BCUT2D eigenvalue weighted by Crippen LogP contribution is 2.29. The SMILES string of the molecule is CCc1nc(CNC(=NC)NC(C)c2cc(OC)ccc2OC)cs1.I. The molecule has 1 atom stereocenters. The van der Waals surface area contributed by atoms with Crippen molar-refractivity contribution < 1.29 is 9.47 Å². The van der Waals surface area contributed by atoms with Crippen LogP contribution < -0.4 is 20.1 Å². The van der Waals surface area contributed by atoms with E-state index in [2.05, 4.69) is 39.8 Å². The lowest BCUT2D eigenvalue weighted by atomic mass is 10.1. The predicted octanol–water partition coefficient (Wildman–Crippen LogP) is 3.77. The van der Waals surface area contributed by atoms with Gasteiger partial charge in [-0.05, 0) is 31.5 Å². The molecule has 8 heteroatoms. The predicted molar refractivity (Wildman–Crippen MR) is 118 cm³/mol. The topological polar surface area (TPSA) is 67.8 Å². The summed E-state index contributed by atoms with van der Waals surface area (Å²) in [5.41, 5.74) is 2.03. The minimum Gasteiger partial charge on any atom is -0.497 e. The fourth-order valence-corrected chi connectivity index (χ4v) is 3.17. The largest absolute Gasteiger partial charge is 0.497 e. The van der Waals surface area contributed by atoms with Gasteiger partial charge in [-0.2, -0.15) is 0 Å². The van der Waals surface area contributed by atoms with Crippen molar-refractivity contribution in [3.05, 3.63) is 39.8 Å². The summed E-state index contributed by atoms with van der Waals surface area (Å²) in [7, 11) is 5.07. The van der Waals surface area contributed by atoms with Crippen LogP contribution in [0.25, 0.3) is 0 Å². The van der Waals surface area contributed by atoms with Gasteiger partial charge in [0.05, 0.1) is 37.5 Å². The zero-order chi connectivity index (χ0) is 18.2. The van der Waals surface area contributed by atoms with Gasteiger partial charge >= 0.3 is 0 Å². The lowest BCUT2D eigenvalue weighted by Crippen LogP contribution is -2.38. The van der Waals surface area contributed by atoms with Crippen molar-refractivity contribution in [3.63, 3.8) is 0 Å². The van der Waals surface area contributed by atoms with Gasteiger partial charge in [0.2, 0.25) is 0 Å². The van der Waals surface area contributed by atoms with E-state index in [-0.39, 0.29) is 30.0 Å². The minimum atomic E-state index is -0.00196. The first-order valence-corrected chi connectivity index (χ1v) is 9.11. The van der Waals surface area contributed by atoms with E-state index in [9.17, 15) is 0 Å². The van der Waals surface area contributed by atoms with Gasteiger partial charge in [-0.25, -0.2) is 4.98 Å². The Morgan fingerprint density at radius 3 is 2.65 bits per heavy atom. The molecule has 0 radical (unpaired) electrons. The third-order valence-corrected chi connectivity index (χ3v) is 4.86. The molecule has 2 rings (SSSR count). The number of rotatable bonds is 7. The van der Waals surface area contributed by atoms with E-state index in [4.69, 9.17) is 9.47 Å². The molecule has 0 saturated carbocycles. The molecule has 0 aliphatic carbocycles. The van der Waals surface area contributed by atoms with Crippen molar-refractivity contribution in [2.75, 3.05) is 21.3 Å². The molecule has 1 aromatic heterocycles. The van der Waals surface area contributed by atoms with Crippen molar-refractivity contribution in [2.24, 2.45) is 4.99 Å². The normalized spacial score (nSPS) is 12.1. The van der Waals surface area contributed by atoms with Gasteiger partial charge in [0.25, 0.3) is 0 Å². The first kappa shape index (κ1) is 22.5. The standard InChI is InChI=1S/C18H26N4O2S.HI/c1-6-17-22-13(11-25-17)10-20-18(19-3)21-12(2)15-9-14(23-4)7-8-16(15)24-5;/h7-9,11-12H,6,10H2,1-5H3,(H2,19,20,21);1H. The molecule has 26 heavy (non-hydrogen) atoms. The minimum absolute atomic E-state index is 0. The molecule has 2 aromatic rings. The third-order valence-electron chi connectivity index (χ3n) is 3.82. The van der Waals surface area contributed by atoms with Crippen molar-refractivity contribution >= 4 is 41.3 Å². The average molecular weight is 490 g/mol. The smallest absolute Gasteiger partial charge is 0.191 e. The molecular weight excluding hydrogens is 463 g/mol. The number of nitrogens with zero attached hydrogens (tertiary/aromatic N) is 2. The monoisotopic (exact) mass is 490 g/mol. The third kappa shape index (κ3) is 6.01. The molecule has 0 saturated heterocycles. The van der Waals surface area contributed by atoms with Crippen molar-refractivity contribution in [1.82, 2.24) is 15.6 Å². The van der Waals surface area contributed by atoms with Crippen molar-refractivity contribution in [1.29, 1.82) is 0 Å². The maximum Gasteiger partial charge on any atom is 0.191 e. The Kier molecular flexibility index (Phi) is 9.71. The summed E-state index contributed by atoms with van der Waals surface area (Å²) in [6.07, 6.45) is 0.963. The summed E-state index contributed by atoms with van der Waals surface area (Å²) in [4.78, 5) is 8.85. The van der Waals surface area contributed by atoms with Crippen molar-refractivity contribution in [3.8, 4) is 11.5 Å². The molecule has 0 bridgehead atoms. The number of halogens is 1. The summed E-state index contributed by atoms with van der Waals surface area (Å²) < 4.78 is 10.8. The number of hydrogen-bond donors (Lipinski definition) is 2. The fourth-order valence-electron chi connectivity index (χ4n) is 2.42. The number of hydrogen-bond acceptors (Lipinski definition) is 5. The number of aliphatic imine (C=N–C) groups is 1. The van der Waals surface area contributed by atoms with Gasteiger partial charge in [0, 0.05) is 18.0 Å². The first-order valence-electron chi connectivity index (χ1n) is 8.23. The fraction of sp³-hybridized carbons (Fsp3) is 0.444. The van der Waals surface area contributed by atoms with Gasteiger partial charge in [0.1, 0.15) is 11.5 Å². The second kappa shape index (κ2) is 11.2. The molecule has 6 nitrogen and oxygen atoms in total. The number of thiazole rings is 1. The van der Waals surface area contributed by atoms with E-state index in [0.717, 1.165) is 34.2 Å². The molecule has 1 unspecified atom stereocenters. The van der Waals surface area contributed by atoms with Crippen LogP contribution in [0, 0.1) is 0 Å². The first-order chi connectivity index (χ1) is 12.1. The molecule has 0 spiro atoms. The lowest BCUT2D eigenvalue weighted by molar-refractivity contribution is 0.394. The Morgan fingerprint density at radius 1 is 1.31 bits per heavy atom. The van der Waals surface area contributed by atoms with Crippen LogP contribution in [0.5, 0.6) is 11.5 Å². The van der Waals surface area contributed by atoms with E-state index in [1.54, 1.807) is 32.6 Å². The Morgan fingerprint density at radius 2 is 2.08 bits per heavy atom. The second-order valence-electron chi connectivity index (χ2n) is 5.49. The van der Waals surface area contributed by atoms with Gasteiger partial charge in [-0.3, -0.25) is 4.99 Å². The number of benzene rings is 1. The number of ether oxygens (including phenoxy) is 2. The summed E-state index contributed by atoms with van der Waals surface area (Å²) >= 11 is 1.69. The molecular formula is C18H27IN4O2S. The zero-order valence-corrected chi connectivity index (χ0v) is 19.0. The van der Waals surface area contributed by atoms with Crippen LogP contribution in [0.15, 0.2) is 28.6 Å². The Balaban J connectivity index is 0.00000338. The summed E-state index contributed by atoms with van der Waals surface area (Å²) in [6, 6.07) is 5.76. The second-order valence-corrected chi connectivity index (χ2v) is 6.43. The molecule has 144 valence electrons. The van der Waals surface area contributed by atoms with Crippen LogP contribution in [0.2, 0.25) is 0 Å². The number of nitrogens with one attached hydrogen (secondary N) is 2. The van der Waals surface area contributed by atoms with E-state index in [0.29, 0.717) is 12.5 Å². The van der Waals surface area contributed by atoms with Crippen LogP contribution in [0.4, 0.5) is 0 Å². The summed E-state index contributed by atoms with van der Waals surface area (Å²) in [5, 5.41) is 9.90. The molecule has 0 aliphatic heterocycles. The Hall–Kier alpha value is -1.55. The van der Waals surface area contributed by atoms with Gasteiger partial charge < -0.3 is 20.1 Å². The van der Waals surface area contributed by atoms with Crippen LogP contribution in [0.1, 0.15) is 36.2 Å². The number of methoxy groups -OCH3 is 2. The van der Waals surface area contributed by atoms with E-state index < -0.39 is 0 Å². The van der Waals surface area contributed by atoms with Crippen LogP contribution in [-0.4, -0.2) is 32.2 Å². The summed E-state index contributed by atoms with van der Waals surface area (Å²) in [5.74, 6) is 2.31. The highest BCUT2D eigenvalue weighted by molar-refractivity contribution is 14.0. The van der Waals surface area contributed by atoms with E-state index in [1.807, 2.05) is 18.2 Å². The Labute approximate surface area is 176 Å². The lowest BCUT2D eigenvalue weighted by Gasteiger charge is -2.20. The molecule has 2 N–H and O–H groups in total. The number of guanidine groups is 1. The highest BCUT2D eigenvalue weighted by Gasteiger charge is 2.14.